The van der Waals surface area contributed by atoms with Gasteiger partial charge in [0.15, 0.2) is 0 Å². The van der Waals surface area contributed by atoms with Crippen molar-refractivity contribution in [2.24, 2.45) is 0 Å². The monoisotopic (exact) mass is 151 g/mol. The molecule has 1 nitrogen and oxygen atoms in total. The van der Waals surface area contributed by atoms with Crippen molar-refractivity contribution in [3.05, 3.63) is 11.3 Å². The van der Waals surface area contributed by atoms with Crippen molar-refractivity contribution in [2.75, 3.05) is 6.54 Å². The van der Waals surface area contributed by atoms with Gasteiger partial charge in [-0.15, -0.1) is 0 Å². The van der Waals surface area contributed by atoms with Crippen molar-refractivity contribution in [2.45, 2.75) is 45.6 Å². The Morgan fingerprint density at radius 3 is 2.91 bits per heavy atom. The third-order valence-corrected chi connectivity index (χ3v) is 3.28. The molecular formula is C10H17N. The molecule has 1 fully saturated rings. The molecule has 2 heterocycles. The van der Waals surface area contributed by atoms with E-state index in [-0.39, 0.29) is 0 Å². The zero-order valence-corrected chi connectivity index (χ0v) is 7.56. The SMILES string of the molecule is CC1=C(C)N2CCCC2CC1. The lowest BCUT2D eigenvalue weighted by molar-refractivity contribution is 0.282. The Kier molecular flexibility index (Phi) is 1.67. The average molecular weight is 151 g/mol. The first-order valence-corrected chi connectivity index (χ1v) is 4.72. The zero-order valence-electron chi connectivity index (χ0n) is 7.56. The standard InChI is InChI=1S/C10H17N/c1-8-5-6-10-4-3-7-11(10)9(8)2/h10H,3-7H2,1-2H3. The van der Waals surface area contributed by atoms with Crippen LogP contribution in [-0.2, 0) is 0 Å². The Morgan fingerprint density at radius 1 is 1.27 bits per heavy atom. The highest BCUT2D eigenvalue weighted by atomic mass is 15.2. The molecule has 0 aliphatic carbocycles. The van der Waals surface area contributed by atoms with Gasteiger partial charge in [0.1, 0.15) is 0 Å². The van der Waals surface area contributed by atoms with E-state index in [1.54, 1.807) is 11.3 Å². The molecule has 1 unspecified atom stereocenters. The quantitative estimate of drug-likeness (QED) is 0.514. The van der Waals surface area contributed by atoms with Crippen molar-refractivity contribution < 1.29 is 0 Å². The summed E-state index contributed by atoms with van der Waals surface area (Å²) in [6.07, 6.45) is 5.59. The van der Waals surface area contributed by atoms with Gasteiger partial charge in [0.2, 0.25) is 0 Å². The fraction of sp³-hybridized carbons (Fsp3) is 0.800. The van der Waals surface area contributed by atoms with Gasteiger partial charge in [0, 0.05) is 18.3 Å². The number of hydrogen-bond acceptors (Lipinski definition) is 1. The predicted octanol–water partition coefficient (Wildman–Crippen LogP) is 2.54. The Bertz CT molecular complexity index is 193. The van der Waals surface area contributed by atoms with Crippen molar-refractivity contribution in [1.82, 2.24) is 4.90 Å². The van der Waals surface area contributed by atoms with E-state index in [0.29, 0.717) is 0 Å². The topological polar surface area (TPSA) is 3.24 Å². The van der Waals surface area contributed by atoms with Crippen molar-refractivity contribution in [3.63, 3.8) is 0 Å². The first-order chi connectivity index (χ1) is 5.29. The summed E-state index contributed by atoms with van der Waals surface area (Å²) in [6.45, 7) is 5.88. The molecule has 62 valence electrons. The summed E-state index contributed by atoms with van der Waals surface area (Å²) in [5, 5.41) is 0. The van der Waals surface area contributed by atoms with Crippen LogP contribution in [0, 0.1) is 0 Å². The number of allylic oxidation sites excluding steroid dienone is 2. The van der Waals surface area contributed by atoms with Crippen LogP contribution < -0.4 is 0 Å². The Hall–Kier alpha value is -0.460. The van der Waals surface area contributed by atoms with Gasteiger partial charge >= 0.3 is 0 Å². The van der Waals surface area contributed by atoms with Crippen LogP contribution in [0.1, 0.15) is 39.5 Å². The van der Waals surface area contributed by atoms with Gasteiger partial charge in [-0.05, 0) is 39.5 Å². The molecule has 0 radical (unpaired) electrons. The van der Waals surface area contributed by atoms with E-state index in [1.807, 2.05) is 0 Å². The van der Waals surface area contributed by atoms with Gasteiger partial charge in [-0.25, -0.2) is 0 Å². The fourth-order valence-corrected chi connectivity index (χ4v) is 2.39. The predicted molar refractivity (Wildman–Crippen MR) is 47.3 cm³/mol. The lowest BCUT2D eigenvalue weighted by atomic mass is 9.98. The minimum absolute atomic E-state index is 0.902. The first-order valence-electron chi connectivity index (χ1n) is 4.72. The van der Waals surface area contributed by atoms with Crippen LogP contribution in [0.5, 0.6) is 0 Å². The summed E-state index contributed by atoms with van der Waals surface area (Å²) >= 11 is 0. The molecular weight excluding hydrogens is 134 g/mol. The molecule has 2 aliphatic rings. The van der Waals surface area contributed by atoms with Gasteiger partial charge < -0.3 is 4.90 Å². The smallest absolute Gasteiger partial charge is 0.0290 e. The van der Waals surface area contributed by atoms with Crippen LogP contribution in [0.25, 0.3) is 0 Å². The van der Waals surface area contributed by atoms with Crippen molar-refractivity contribution >= 4 is 0 Å². The van der Waals surface area contributed by atoms with E-state index in [4.69, 9.17) is 0 Å². The van der Waals surface area contributed by atoms with Gasteiger partial charge in [-0.3, -0.25) is 0 Å². The maximum atomic E-state index is 2.61. The lowest BCUT2D eigenvalue weighted by Crippen LogP contribution is -2.31. The minimum atomic E-state index is 0.902. The molecule has 0 saturated carbocycles. The Labute approximate surface area is 69.1 Å². The maximum absolute atomic E-state index is 2.61. The van der Waals surface area contributed by atoms with E-state index in [9.17, 15) is 0 Å². The molecule has 1 saturated heterocycles. The minimum Gasteiger partial charge on any atom is -0.372 e. The summed E-state index contributed by atoms with van der Waals surface area (Å²) in [5.74, 6) is 0. The first kappa shape index (κ1) is 7.20. The molecule has 0 N–H and O–H groups in total. The van der Waals surface area contributed by atoms with Gasteiger partial charge in [0.25, 0.3) is 0 Å². The second-order valence-corrected chi connectivity index (χ2v) is 3.89. The normalized spacial score (nSPS) is 31.1. The summed E-state index contributed by atoms with van der Waals surface area (Å²) in [5.41, 5.74) is 3.18. The van der Waals surface area contributed by atoms with E-state index in [0.717, 1.165) is 6.04 Å². The summed E-state index contributed by atoms with van der Waals surface area (Å²) < 4.78 is 0. The number of rotatable bonds is 0. The summed E-state index contributed by atoms with van der Waals surface area (Å²) in [7, 11) is 0. The highest BCUT2D eigenvalue weighted by Crippen LogP contribution is 2.32. The van der Waals surface area contributed by atoms with Crippen LogP contribution >= 0.6 is 0 Å². The van der Waals surface area contributed by atoms with E-state index in [2.05, 4.69) is 18.7 Å². The van der Waals surface area contributed by atoms with Crippen LogP contribution in [0.2, 0.25) is 0 Å². The van der Waals surface area contributed by atoms with Gasteiger partial charge in [-0.2, -0.15) is 0 Å². The number of fused-ring (bicyclic) bond motifs is 1. The molecule has 0 aromatic heterocycles. The van der Waals surface area contributed by atoms with Crippen LogP contribution in [0.4, 0.5) is 0 Å². The lowest BCUT2D eigenvalue weighted by Gasteiger charge is -2.33. The van der Waals surface area contributed by atoms with Crippen LogP contribution in [0.3, 0.4) is 0 Å². The number of nitrogens with zero attached hydrogens (tertiary/aromatic N) is 1. The maximum Gasteiger partial charge on any atom is 0.0290 e. The molecule has 0 bridgehead atoms. The van der Waals surface area contributed by atoms with Gasteiger partial charge in [0.05, 0.1) is 0 Å². The third-order valence-electron chi connectivity index (χ3n) is 3.28. The molecule has 0 spiro atoms. The summed E-state index contributed by atoms with van der Waals surface area (Å²) in [6, 6.07) is 0.902. The fourth-order valence-electron chi connectivity index (χ4n) is 2.39. The third kappa shape index (κ3) is 1.07. The highest BCUT2D eigenvalue weighted by Gasteiger charge is 2.28. The van der Waals surface area contributed by atoms with Crippen LogP contribution in [-0.4, -0.2) is 17.5 Å². The molecule has 2 aliphatic heterocycles. The molecule has 1 atom stereocenters. The van der Waals surface area contributed by atoms with Gasteiger partial charge in [-0.1, -0.05) is 5.57 Å². The van der Waals surface area contributed by atoms with Crippen LogP contribution in [0.15, 0.2) is 11.3 Å². The van der Waals surface area contributed by atoms with Crippen molar-refractivity contribution in [3.8, 4) is 0 Å². The second-order valence-electron chi connectivity index (χ2n) is 3.89. The summed E-state index contributed by atoms with van der Waals surface area (Å²) in [4.78, 5) is 2.61. The second kappa shape index (κ2) is 2.54. The van der Waals surface area contributed by atoms with E-state index >= 15 is 0 Å². The van der Waals surface area contributed by atoms with E-state index < -0.39 is 0 Å². The highest BCUT2D eigenvalue weighted by molar-refractivity contribution is 5.15. The Balaban J connectivity index is 2.23. The molecule has 0 amide bonds. The Morgan fingerprint density at radius 2 is 2.09 bits per heavy atom. The van der Waals surface area contributed by atoms with E-state index in [1.165, 1.54) is 32.2 Å². The largest absolute Gasteiger partial charge is 0.372 e. The van der Waals surface area contributed by atoms with Crippen molar-refractivity contribution in [1.29, 1.82) is 0 Å². The molecule has 2 rings (SSSR count). The average Bonchev–Trinajstić information content (AvgIpc) is 2.45. The molecule has 0 aromatic carbocycles. The molecule has 1 heteroatoms. The zero-order chi connectivity index (χ0) is 7.84. The number of hydrogen-bond donors (Lipinski definition) is 0. The molecule has 11 heavy (non-hydrogen) atoms. The molecule has 0 aromatic rings.